The van der Waals surface area contributed by atoms with Crippen molar-refractivity contribution in [2.24, 2.45) is 0 Å². The summed E-state index contributed by atoms with van der Waals surface area (Å²) in [7, 11) is 0. The number of carbonyl (C=O) groups excluding carboxylic acids is 1. The highest BCUT2D eigenvalue weighted by molar-refractivity contribution is 6.05. The maximum Gasteiger partial charge on any atom is 0.338 e. The topological polar surface area (TPSA) is 38.8 Å². The van der Waals surface area contributed by atoms with Crippen molar-refractivity contribution in [3.63, 3.8) is 0 Å². The van der Waals surface area contributed by atoms with Gasteiger partial charge in [0.1, 0.15) is 5.75 Å². The molecule has 8 rings (SSSR count). The van der Waals surface area contributed by atoms with E-state index in [2.05, 4.69) is 121 Å². The van der Waals surface area contributed by atoms with E-state index in [1.807, 2.05) is 43.3 Å². The van der Waals surface area contributed by atoms with E-state index in [9.17, 15) is 4.79 Å². The van der Waals surface area contributed by atoms with Gasteiger partial charge in [0.2, 0.25) is 0 Å². The molecule has 2 heterocycles. The van der Waals surface area contributed by atoms with Gasteiger partial charge >= 0.3 is 5.97 Å². The minimum atomic E-state index is -0.896. The lowest BCUT2D eigenvalue weighted by molar-refractivity contribution is 0.0524. The standard InChI is InChI=1S/C47H41NO3/c1-3-33-13-15-34(16-14-33)35-17-19-36(20-18-35)37-21-26-42-38(31-37)32-44(46(49)50-4-2)43-27-28-47(51-45(42)43,39-11-7-5-8-12-39)40-22-24-41(25-23-40)48-29-9-6-10-30-48/h3,5,7-8,11-28,31-32H,1,4,6,9-10,29-30H2,2H3. The van der Waals surface area contributed by atoms with Crippen LogP contribution >= 0.6 is 0 Å². The highest BCUT2D eigenvalue weighted by Crippen LogP contribution is 2.47. The van der Waals surface area contributed by atoms with Crippen LogP contribution in [-0.4, -0.2) is 25.7 Å². The number of hydrogen-bond donors (Lipinski definition) is 0. The van der Waals surface area contributed by atoms with Gasteiger partial charge in [-0.05, 0) is 95.8 Å². The Morgan fingerprint density at radius 2 is 1.39 bits per heavy atom. The van der Waals surface area contributed by atoms with Crippen LogP contribution in [0.25, 0.3) is 45.2 Å². The van der Waals surface area contributed by atoms with Crippen molar-refractivity contribution in [1.29, 1.82) is 0 Å². The third-order valence-electron chi connectivity index (χ3n) is 10.3. The summed E-state index contributed by atoms with van der Waals surface area (Å²) in [5.74, 6) is 0.311. The summed E-state index contributed by atoms with van der Waals surface area (Å²) in [4.78, 5) is 16.0. The zero-order chi connectivity index (χ0) is 34.8. The number of carbonyl (C=O) groups is 1. The summed E-state index contributed by atoms with van der Waals surface area (Å²) in [5, 5.41) is 1.85. The first kappa shape index (κ1) is 32.3. The quantitative estimate of drug-likeness (QED) is 0.151. The zero-order valence-corrected chi connectivity index (χ0v) is 29.0. The minimum Gasteiger partial charge on any atom is -0.472 e. The molecule has 1 atom stereocenters. The van der Waals surface area contributed by atoms with Crippen LogP contribution in [0, 0.1) is 0 Å². The van der Waals surface area contributed by atoms with Gasteiger partial charge in [-0.25, -0.2) is 4.79 Å². The maximum atomic E-state index is 13.5. The molecule has 0 saturated carbocycles. The van der Waals surface area contributed by atoms with Gasteiger partial charge in [0.25, 0.3) is 0 Å². The van der Waals surface area contributed by atoms with Crippen LogP contribution in [-0.2, 0) is 10.3 Å². The van der Waals surface area contributed by atoms with Crippen LogP contribution < -0.4 is 9.64 Å². The van der Waals surface area contributed by atoms with E-state index in [1.165, 1.54) is 24.9 Å². The average molecular weight is 668 g/mol. The third kappa shape index (κ3) is 6.12. The smallest absolute Gasteiger partial charge is 0.338 e. The second-order valence-electron chi connectivity index (χ2n) is 13.4. The van der Waals surface area contributed by atoms with Crippen molar-refractivity contribution in [3.8, 4) is 28.0 Å². The minimum absolute atomic E-state index is 0.288. The predicted molar refractivity (Wildman–Crippen MR) is 210 cm³/mol. The Bertz CT molecular complexity index is 2230. The highest BCUT2D eigenvalue weighted by Gasteiger charge is 2.39. The molecule has 6 aromatic carbocycles. The molecular formula is C47H41NO3. The summed E-state index contributed by atoms with van der Waals surface area (Å²) < 4.78 is 12.9. The Morgan fingerprint density at radius 1 is 0.765 bits per heavy atom. The van der Waals surface area contributed by atoms with Gasteiger partial charge in [-0.15, -0.1) is 0 Å². The molecule has 1 saturated heterocycles. The Kier molecular flexibility index (Phi) is 8.75. The number of hydrogen-bond acceptors (Lipinski definition) is 4. The summed E-state index contributed by atoms with van der Waals surface area (Å²) in [6.07, 6.45) is 9.75. The molecule has 0 bridgehead atoms. The molecule has 0 N–H and O–H groups in total. The molecule has 252 valence electrons. The van der Waals surface area contributed by atoms with Gasteiger partial charge in [0.05, 0.1) is 12.2 Å². The lowest BCUT2D eigenvalue weighted by Crippen LogP contribution is -2.35. The lowest BCUT2D eigenvalue weighted by Gasteiger charge is -2.37. The van der Waals surface area contributed by atoms with Crippen molar-refractivity contribution in [2.75, 3.05) is 24.6 Å². The average Bonchev–Trinajstić information content (AvgIpc) is 3.21. The third-order valence-corrected chi connectivity index (χ3v) is 10.3. The normalized spacial score (nSPS) is 16.7. The van der Waals surface area contributed by atoms with Crippen LogP contribution in [0.15, 0.2) is 140 Å². The van der Waals surface area contributed by atoms with Gasteiger partial charge in [0.15, 0.2) is 5.60 Å². The number of benzene rings is 6. The number of ether oxygens (including phenoxy) is 2. The van der Waals surface area contributed by atoms with Crippen molar-refractivity contribution < 1.29 is 14.3 Å². The lowest BCUT2D eigenvalue weighted by atomic mass is 9.82. The second-order valence-corrected chi connectivity index (χ2v) is 13.4. The number of esters is 1. The molecule has 2 aliphatic rings. The Balaban J connectivity index is 1.22. The molecular weight excluding hydrogens is 627 g/mol. The number of anilines is 1. The van der Waals surface area contributed by atoms with Gasteiger partial charge in [0, 0.05) is 40.9 Å². The Morgan fingerprint density at radius 3 is 2.06 bits per heavy atom. The molecule has 1 fully saturated rings. The second kappa shape index (κ2) is 13.8. The molecule has 4 nitrogen and oxygen atoms in total. The predicted octanol–water partition coefficient (Wildman–Crippen LogP) is 11.3. The monoisotopic (exact) mass is 667 g/mol. The zero-order valence-electron chi connectivity index (χ0n) is 29.0. The molecule has 0 amide bonds. The van der Waals surface area contributed by atoms with E-state index >= 15 is 0 Å². The molecule has 2 aliphatic heterocycles. The van der Waals surface area contributed by atoms with E-state index in [1.54, 1.807) is 0 Å². The van der Waals surface area contributed by atoms with Crippen molar-refractivity contribution in [2.45, 2.75) is 31.8 Å². The molecule has 0 spiro atoms. The van der Waals surface area contributed by atoms with E-state index in [0.717, 1.165) is 68.4 Å². The van der Waals surface area contributed by atoms with E-state index in [0.29, 0.717) is 11.3 Å². The SMILES string of the molecule is C=Cc1ccc(-c2ccc(-c3ccc4c5c(c(C(=O)OCC)cc4c3)C=CC(c3ccccc3)(c3ccc(N4CCCCC4)cc3)O5)cc2)cc1. The number of fused-ring (bicyclic) bond motifs is 3. The first-order valence-corrected chi connectivity index (χ1v) is 18.0. The first-order valence-electron chi connectivity index (χ1n) is 18.0. The fourth-order valence-electron chi connectivity index (χ4n) is 7.52. The van der Waals surface area contributed by atoms with Crippen LogP contribution in [0.4, 0.5) is 5.69 Å². The van der Waals surface area contributed by atoms with Crippen molar-refractivity contribution >= 4 is 34.6 Å². The van der Waals surface area contributed by atoms with Crippen LogP contribution in [0.3, 0.4) is 0 Å². The van der Waals surface area contributed by atoms with Crippen molar-refractivity contribution in [3.05, 3.63) is 168 Å². The van der Waals surface area contributed by atoms with Crippen LogP contribution in [0.1, 0.15) is 58.8 Å². The summed E-state index contributed by atoms with van der Waals surface area (Å²) in [6, 6.07) is 44.5. The number of rotatable bonds is 8. The molecule has 0 radical (unpaired) electrons. The Labute approximate surface area is 300 Å². The fourth-order valence-corrected chi connectivity index (χ4v) is 7.52. The van der Waals surface area contributed by atoms with Gasteiger partial charge in [-0.2, -0.15) is 0 Å². The molecule has 1 unspecified atom stereocenters. The first-order chi connectivity index (χ1) is 25.1. The summed E-state index contributed by atoms with van der Waals surface area (Å²) in [5.41, 5.74) is 9.17. The Hall–Kier alpha value is -5.87. The van der Waals surface area contributed by atoms with Crippen LogP contribution in [0.5, 0.6) is 5.75 Å². The summed E-state index contributed by atoms with van der Waals surface area (Å²) in [6.45, 7) is 8.16. The molecule has 51 heavy (non-hydrogen) atoms. The van der Waals surface area contributed by atoms with Gasteiger partial charge in [-0.3, -0.25) is 0 Å². The van der Waals surface area contributed by atoms with Crippen LogP contribution in [0.2, 0.25) is 0 Å². The molecule has 0 aromatic heterocycles. The van der Waals surface area contributed by atoms with E-state index < -0.39 is 5.60 Å². The molecule has 0 aliphatic carbocycles. The largest absolute Gasteiger partial charge is 0.472 e. The molecule has 4 heteroatoms. The van der Waals surface area contributed by atoms with E-state index in [4.69, 9.17) is 9.47 Å². The highest BCUT2D eigenvalue weighted by atomic mass is 16.5. The molecule has 6 aromatic rings. The maximum absolute atomic E-state index is 13.5. The fraction of sp³-hybridized carbons (Fsp3) is 0.170. The van der Waals surface area contributed by atoms with Gasteiger partial charge < -0.3 is 14.4 Å². The van der Waals surface area contributed by atoms with Crippen molar-refractivity contribution in [1.82, 2.24) is 0 Å². The summed E-state index contributed by atoms with van der Waals surface area (Å²) >= 11 is 0. The number of piperidine rings is 1. The number of nitrogens with zero attached hydrogens (tertiary/aromatic N) is 1. The van der Waals surface area contributed by atoms with Gasteiger partial charge in [-0.1, -0.05) is 116 Å². The van der Waals surface area contributed by atoms with E-state index in [-0.39, 0.29) is 12.6 Å².